The van der Waals surface area contributed by atoms with Gasteiger partial charge in [0.2, 0.25) is 5.91 Å². The Kier molecular flexibility index (Phi) is 4.76. The minimum Gasteiger partial charge on any atom is -0.353 e. The zero-order chi connectivity index (χ0) is 12.8. The number of rotatable bonds is 4. The van der Waals surface area contributed by atoms with Crippen LogP contribution < -0.4 is 11.1 Å². The van der Waals surface area contributed by atoms with Crippen molar-refractivity contribution in [2.45, 2.75) is 51.1 Å². The summed E-state index contributed by atoms with van der Waals surface area (Å²) in [6.07, 6.45) is 6.55. The first-order valence-corrected chi connectivity index (χ1v) is 6.85. The highest BCUT2D eigenvalue weighted by molar-refractivity contribution is 5.78. The Bertz CT molecular complexity index is 380. The van der Waals surface area contributed by atoms with Crippen molar-refractivity contribution in [1.82, 2.24) is 5.32 Å². The van der Waals surface area contributed by atoms with E-state index in [0.717, 1.165) is 24.0 Å². The van der Waals surface area contributed by atoms with Crippen molar-refractivity contribution in [3.8, 4) is 0 Å². The van der Waals surface area contributed by atoms with Crippen LogP contribution in [0.5, 0.6) is 0 Å². The minimum absolute atomic E-state index is 0.141. The van der Waals surface area contributed by atoms with Gasteiger partial charge in [0.05, 0.1) is 6.42 Å². The number of carbonyl (C=O) groups is 1. The van der Waals surface area contributed by atoms with Crippen LogP contribution in [0.4, 0.5) is 0 Å². The second-order valence-corrected chi connectivity index (χ2v) is 5.10. The Labute approximate surface area is 109 Å². The van der Waals surface area contributed by atoms with Crippen LogP contribution in [0.1, 0.15) is 43.2 Å². The molecule has 3 nitrogen and oxygen atoms in total. The summed E-state index contributed by atoms with van der Waals surface area (Å²) in [5, 5.41) is 3.13. The van der Waals surface area contributed by atoms with Crippen LogP contribution in [0, 0.1) is 0 Å². The number of nitrogens with two attached hydrogens (primary N) is 1. The van der Waals surface area contributed by atoms with E-state index in [9.17, 15) is 4.79 Å². The van der Waals surface area contributed by atoms with Gasteiger partial charge in [-0.25, -0.2) is 0 Å². The molecule has 0 spiro atoms. The third kappa shape index (κ3) is 3.84. The molecule has 0 saturated heterocycles. The van der Waals surface area contributed by atoms with Crippen LogP contribution in [-0.2, 0) is 17.8 Å². The first-order chi connectivity index (χ1) is 8.78. The van der Waals surface area contributed by atoms with Crippen LogP contribution in [-0.4, -0.2) is 11.9 Å². The summed E-state index contributed by atoms with van der Waals surface area (Å²) in [6.45, 7) is 0.550. The minimum atomic E-state index is 0.141. The first kappa shape index (κ1) is 13.1. The van der Waals surface area contributed by atoms with E-state index in [-0.39, 0.29) is 5.91 Å². The number of hydrogen-bond donors (Lipinski definition) is 2. The van der Waals surface area contributed by atoms with Crippen molar-refractivity contribution >= 4 is 5.91 Å². The molecule has 1 saturated carbocycles. The lowest BCUT2D eigenvalue weighted by Gasteiger charge is -2.22. The van der Waals surface area contributed by atoms with E-state index in [0.29, 0.717) is 19.0 Å². The van der Waals surface area contributed by atoms with E-state index in [1.165, 1.54) is 19.3 Å². The van der Waals surface area contributed by atoms with E-state index in [4.69, 9.17) is 5.73 Å². The molecule has 3 heteroatoms. The van der Waals surface area contributed by atoms with Gasteiger partial charge in [0, 0.05) is 12.6 Å². The molecule has 0 bridgehead atoms. The fourth-order valence-electron chi connectivity index (χ4n) is 2.50. The molecule has 1 aliphatic carbocycles. The SMILES string of the molecule is NCc1ccc(CC(=O)NC2CCCCC2)cc1. The van der Waals surface area contributed by atoms with Crippen LogP contribution in [0.2, 0.25) is 0 Å². The van der Waals surface area contributed by atoms with Gasteiger partial charge >= 0.3 is 0 Å². The highest BCUT2D eigenvalue weighted by Crippen LogP contribution is 2.17. The molecule has 2 rings (SSSR count). The van der Waals surface area contributed by atoms with Crippen LogP contribution in [0.3, 0.4) is 0 Å². The molecule has 1 aromatic carbocycles. The molecule has 98 valence electrons. The van der Waals surface area contributed by atoms with Gasteiger partial charge in [-0.3, -0.25) is 4.79 Å². The third-order valence-electron chi connectivity index (χ3n) is 3.59. The number of hydrogen-bond acceptors (Lipinski definition) is 2. The normalized spacial score (nSPS) is 16.5. The predicted octanol–water partition coefficient (Wildman–Crippen LogP) is 2.14. The fourth-order valence-corrected chi connectivity index (χ4v) is 2.50. The van der Waals surface area contributed by atoms with Crippen molar-refractivity contribution in [3.05, 3.63) is 35.4 Å². The molecule has 1 fully saturated rings. The molecular formula is C15H22N2O. The van der Waals surface area contributed by atoms with E-state index >= 15 is 0 Å². The molecule has 0 radical (unpaired) electrons. The predicted molar refractivity (Wildman–Crippen MR) is 73.1 cm³/mol. The fraction of sp³-hybridized carbons (Fsp3) is 0.533. The van der Waals surface area contributed by atoms with Gasteiger partial charge in [0.15, 0.2) is 0 Å². The average Bonchev–Trinajstić information content (AvgIpc) is 2.40. The Morgan fingerprint density at radius 2 is 1.72 bits per heavy atom. The Balaban J connectivity index is 1.82. The number of benzene rings is 1. The molecule has 1 aromatic rings. The van der Waals surface area contributed by atoms with Crippen molar-refractivity contribution in [3.63, 3.8) is 0 Å². The molecule has 1 amide bonds. The van der Waals surface area contributed by atoms with E-state index < -0.39 is 0 Å². The quantitative estimate of drug-likeness (QED) is 0.855. The van der Waals surface area contributed by atoms with Crippen LogP contribution >= 0.6 is 0 Å². The number of amides is 1. The Hall–Kier alpha value is -1.35. The van der Waals surface area contributed by atoms with Crippen molar-refractivity contribution in [1.29, 1.82) is 0 Å². The average molecular weight is 246 g/mol. The molecule has 0 aromatic heterocycles. The summed E-state index contributed by atoms with van der Waals surface area (Å²) in [7, 11) is 0. The van der Waals surface area contributed by atoms with Gasteiger partial charge in [-0.1, -0.05) is 43.5 Å². The summed E-state index contributed by atoms with van der Waals surface area (Å²) in [5.41, 5.74) is 7.70. The zero-order valence-corrected chi connectivity index (χ0v) is 10.8. The van der Waals surface area contributed by atoms with E-state index in [2.05, 4.69) is 5.32 Å². The van der Waals surface area contributed by atoms with Gasteiger partial charge in [-0.15, -0.1) is 0 Å². The van der Waals surface area contributed by atoms with Crippen LogP contribution in [0.15, 0.2) is 24.3 Å². The molecule has 3 N–H and O–H groups in total. The monoisotopic (exact) mass is 246 g/mol. The van der Waals surface area contributed by atoms with E-state index in [1.807, 2.05) is 24.3 Å². The maximum atomic E-state index is 11.9. The van der Waals surface area contributed by atoms with Gasteiger partial charge in [-0.05, 0) is 24.0 Å². The summed E-state index contributed by atoms with van der Waals surface area (Å²) < 4.78 is 0. The second kappa shape index (κ2) is 6.55. The molecular weight excluding hydrogens is 224 g/mol. The van der Waals surface area contributed by atoms with Gasteiger partial charge in [0.25, 0.3) is 0 Å². The maximum absolute atomic E-state index is 11.9. The lowest BCUT2D eigenvalue weighted by Crippen LogP contribution is -2.37. The van der Waals surface area contributed by atoms with Gasteiger partial charge < -0.3 is 11.1 Å². The molecule has 0 heterocycles. The number of carbonyl (C=O) groups excluding carboxylic acids is 1. The standard InChI is InChI=1S/C15H22N2O/c16-11-13-8-6-12(7-9-13)10-15(18)17-14-4-2-1-3-5-14/h6-9,14H,1-5,10-11,16H2,(H,17,18). The van der Waals surface area contributed by atoms with E-state index in [1.54, 1.807) is 0 Å². The largest absolute Gasteiger partial charge is 0.353 e. The van der Waals surface area contributed by atoms with Crippen molar-refractivity contribution in [2.75, 3.05) is 0 Å². The van der Waals surface area contributed by atoms with Crippen LogP contribution in [0.25, 0.3) is 0 Å². The first-order valence-electron chi connectivity index (χ1n) is 6.85. The Morgan fingerprint density at radius 3 is 2.33 bits per heavy atom. The molecule has 0 atom stereocenters. The maximum Gasteiger partial charge on any atom is 0.224 e. The third-order valence-corrected chi connectivity index (χ3v) is 3.59. The highest BCUT2D eigenvalue weighted by atomic mass is 16.1. The van der Waals surface area contributed by atoms with Crippen molar-refractivity contribution < 1.29 is 4.79 Å². The topological polar surface area (TPSA) is 55.1 Å². The molecule has 0 unspecified atom stereocenters. The molecule has 1 aliphatic rings. The Morgan fingerprint density at radius 1 is 1.11 bits per heavy atom. The lowest BCUT2D eigenvalue weighted by molar-refractivity contribution is -0.121. The van der Waals surface area contributed by atoms with Crippen molar-refractivity contribution in [2.24, 2.45) is 5.73 Å². The summed E-state index contributed by atoms with van der Waals surface area (Å²) in [4.78, 5) is 11.9. The summed E-state index contributed by atoms with van der Waals surface area (Å²) in [6, 6.07) is 8.35. The van der Waals surface area contributed by atoms with Gasteiger partial charge in [-0.2, -0.15) is 0 Å². The second-order valence-electron chi connectivity index (χ2n) is 5.10. The summed E-state index contributed by atoms with van der Waals surface area (Å²) >= 11 is 0. The summed E-state index contributed by atoms with van der Waals surface area (Å²) in [5.74, 6) is 0.141. The molecule has 18 heavy (non-hydrogen) atoms. The zero-order valence-electron chi connectivity index (χ0n) is 10.8. The van der Waals surface area contributed by atoms with Gasteiger partial charge in [0.1, 0.15) is 0 Å². The molecule has 0 aliphatic heterocycles. The number of nitrogens with one attached hydrogen (secondary N) is 1. The highest BCUT2D eigenvalue weighted by Gasteiger charge is 2.15. The lowest BCUT2D eigenvalue weighted by atomic mass is 9.95. The smallest absolute Gasteiger partial charge is 0.224 e.